The van der Waals surface area contributed by atoms with E-state index in [-0.39, 0.29) is 23.7 Å². The molecule has 1 saturated heterocycles. The fraction of sp³-hybridized carbons (Fsp3) is 0.381. The van der Waals surface area contributed by atoms with Crippen molar-refractivity contribution in [2.75, 3.05) is 12.4 Å². The second kappa shape index (κ2) is 8.22. The number of carbonyl (C=O) groups is 3. The molecular formula is C21H23NO5S. The van der Waals surface area contributed by atoms with Crippen molar-refractivity contribution in [2.24, 2.45) is 0 Å². The maximum Gasteiger partial charge on any atom is 0.330 e. The molecule has 0 unspecified atom stereocenters. The van der Waals surface area contributed by atoms with Gasteiger partial charge >= 0.3 is 5.97 Å². The van der Waals surface area contributed by atoms with Gasteiger partial charge < -0.3 is 14.1 Å². The van der Waals surface area contributed by atoms with Crippen LogP contribution in [0, 0.1) is 20.8 Å². The van der Waals surface area contributed by atoms with Crippen LogP contribution in [0.4, 0.5) is 0 Å². The Balaban J connectivity index is 1.68. The van der Waals surface area contributed by atoms with Gasteiger partial charge in [0.2, 0.25) is 11.7 Å². The molecule has 0 N–H and O–H groups in total. The van der Waals surface area contributed by atoms with Crippen LogP contribution in [-0.2, 0) is 14.3 Å². The molecule has 1 aromatic carbocycles. The van der Waals surface area contributed by atoms with E-state index in [9.17, 15) is 14.4 Å². The van der Waals surface area contributed by atoms with Crippen LogP contribution in [0.3, 0.4) is 0 Å². The molecule has 1 aliphatic rings. The zero-order chi connectivity index (χ0) is 20.4. The molecule has 148 valence electrons. The van der Waals surface area contributed by atoms with Gasteiger partial charge in [0.25, 0.3) is 0 Å². The molecule has 1 amide bonds. The molecule has 7 heteroatoms. The van der Waals surface area contributed by atoms with Gasteiger partial charge in [0.1, 0.15) is 17.2 Å². The minimum atomic E-state index is -0.744. The summed E-state index contributed by atoms with van der Waals surface area (Å²) in [6, 6.07) is 6.54. The quantitative estimate of drug-likeness (QED) is 0.563. The van der Waals surface area contributed by atoms with E-state index >= 15 is 0 Å². The van der Waals surface area contributed by atoms with Crippen LogP contribution in [-0.4, -0.2) is 41.0 Å². The molecule has 0 radical (unpaired) electrons. The molecule has 1 fully saturated rings. The molecule has 28 heavy (non-hydrogen) atoms. The smallest absolute Gasteiger partial charge is 0.330 e. The maximum atomic E-state index is 12.6. The first-order valence-electron chi connectivity index (χ1n) is 9.01. The van der Waals surface area contributed by atoms with Crippen molar-refractivity contribution in [2.45, 2.75) is 39.1 Å². The number of hydrogen-bond acceptors (Lipinski definition) is 6. The number of nitrogens with zero attached hydrogens (tertiary/aromatic N) is 1. The number of amides is 1. The number of esters is 1. The summed E-state index contributed by atoms with van der Waals surface area (Å²) >= 11 is 1.44. The van der Waals surface area contributed by atoms with Crippen molar-refractivity contribution in [1.82, 2.24) is 4.90 Å². The number of benzene rings is 1. The summed E-state index contributed by atoms with van der Waals surface area (Å²) in [4.78, 5) is 38.7. The van der Waals surface area contributed by atoms with Crippen LogP contribution in [0.5, 0.6) is 0 Å². The van der Waals surface area contributed by atoms with Crippen LogP contribution in [0.25, 0.3) is 0 Å². The van der Waals surface area contributed by atoms with Crippen molar-refractivity contribution in [3.05, 3.63) is 58.5 Å². The highest BCUT2D eigenvalue weighted by molar-refractivity contribution is 7.99. The van der Waals surface area contributed by atoms with Gasteiger partial charge in [-0.3, -0.25) is 9.59 Å². The lowest BCUT2D eigenvalue weighted by molar-refractivity contribution is -0.152. The van der Waals surface area contributed by atoms with E-state index in [4.69, 9.17) is 9.15 Å². The third kappa shape index (κ3) is 3.99. The zero-order valence-corrected chi connectivity index (χ0v) is 17.2. The molecule has 0 bridgehead atoms. The molecule has 0 aliphatic carbocycles. The van der Waals surface area contributed by atoms with Gasteiger partial charge in [0.05, 0.1) is 6.26 Å². The summed E-state index contributed by atoms with van der Waals surface area (Å²) < 4.78 is 10.7. The van der Waals surface area contributed by atoms with Gasteiger partial charge in [-0.1, -0.05) is 6.07 Å². The number of carbonyl (C=O) groups excluding carboxylic acids is 3. The molecule has 1 aliphatic heterocycles. The SMILES string of the molecule is CC(=O)N1[C@@H](C(=O)OCC(=O)c2cc(C)c(C)cc2C)CS[C@H]1c1ccco1. The number of ether oxygens (including phenoxy) is 1. The number of aryl methyl sites for hydroxylation is 3. The number of Topliss-reactive ketones (excluding diaryl/α,β-unsaturated/α-hetero) is 1. The standard InChI is InChI=1S/C21H23NO5S/c1-12-8-14(3)16(9-13(12)2)18(24)10-27-21(25)17-11-28-20(22(17)15(4)23)19-6-5-7-26-19/h5-9,17,20H,10-11H2,1-4H3/t17-,20+/m1/s1. The number of thioether (sulfide) groups is 1. The Morgan fingerprint density at radius 3 is 2.54 bits per heavy atom. The topological polar surface area (TPSA) is 76.8 Å². The van der Waals surface area contributed by atoms with Gasteiger partial charge in [-0.25, -0.2) is 4.79 Å². The van der Waals surface area contributed by atoms with Crippen LogP contribution in [0.15, 0.2) is 34.9 Å². The third-order valence-electron chi connectivity index (χ3n) is 4.91. The third-order valence-corrected chi connectivity index (χ3v) is 6.19. The summed E-state index contributed by atoms with van der Waals surface area (Å²) in [6.07, 6.45) is 1.53. The lowest BCUT2D eigenvalue weighted by Gasteiger charge is -2.25. The van der Waals surface area contributed by atoms with E-state index in [1.54, 1.807) is 12.1 Å². The normalized spacial score (nSPS) is 18.9. The summed E-state index contributed by atoms with van der Waals surface area (Å²) in [5, 5.41) is -0.372. The molecule has 0 spiro atoms. The zero-order valence-electron chi connectivity index (χ0n) is 16.4. The van der Waals surface area contributed by atoms with Crippen molar-refractivity contribution < 1.29 is 23.5 Å². The monoisotopic (exact) mass is 401 g/mol. The molecule has 3 rings (SSSR count). The summed E-state index contributed by atoms with van der Waals surface area (Å²) in [7, 11) is 0. The lowest BCUT2D eigenvalue weighted by atomic mass is 9.98. The summed E-state index contributed by atoms with van der Waals surface area (Å²) in [6.45, 7) is 6.85. The lowest BCUT2D eigenvalue weighted by Crippen LogP contribution is -2.43. The Bertz CT molecular complexity index is 906. The molecule has 0 saturated carbocycles. The van der Waals surface area contributed by atoms with Crippen molar-refractivity contribution in [1.29, 1.82) is 0 Å². The Hall–Kier alpha value is -2.54. The first-order valence-corrected chi connectivity index (χ1v) is 10.1. The number of furan rings is 1. The van der Waals surface area contributed by atoms with E-state index in [2.05, 4.69) is 0 Å². The Morgan fingerprint density at radius 2 is 1.89 bits per heavy atom. The Morgan fingerprint density at radius 1 is 1.18 bits per heavy atom. The number of ketones is 1. The molecular weight excluding hydrogens is 378 g/mol. The van der Waals surface area contributed by atoms with Crippen molar-refractivity contribution in [3.8, 4) is 0 Å². The van der Waals surface area contributed by atoms with Crippen molar-refractivity contribution in [3.63, 3.8) is 0 Å². The predicted molar refractivity (Wildman–Crippen MR) is 106 cm³/mol. The molecule has 6 nitrogen and oxygen atoms in total. The molecule has 2 atom stereocenters. The van der Waals surface area contributed by atoms with E-state index in [0.29, 0.717) is 17.1 Å². The van der Waals surface area contributed by atoms with Gasteiger partial charge in [-0.2, -0.15) is 0 Å². The summed E-state index contributed by atoms with van der Waals surface area (Å²) in [5.74, 6) is -0.0779. The van der Waals surface area contributed by atoms with E-state index in [1.807, 2.05) is 32.9 Å². The maximum absolute atomic E-state index is 12.6. The van der Waals surface area contributed by atoms with Gasteiger partial charge in [-0.05, 0) is 55.7 Å². The number of rotatable bonds is 5. The highest BCUT2D eigenvalue weighted by Gasteiger charge is 2.43. The second-order valence-corrected chi connectivity index (χ2v) is 8.04. The highest BCUT2D eigenvalue weighted by Crippen LogP contribution is 2.41. The van der Waals surface area contributed by atoms with Crippen LogP contribution in [0.1, 0.15) is 45.1 Å². The molecule has 1 aromatic heterocycles. The predicted octanol–water partition coefficient (Wildman–Crippen LogP) is 3.59. The minimum absolute atomic E-state index is 0.246. The van der Waals surface area contributed by atoms with E-state index in [1.165, 1.54) is 29.8 Å². The first kappa shape index (κ1) is 20.2. The van der Waals surface area contributed by atoms with Gasteiger partial charge in [0.15, 0.2) is 6.61 Å². The second-order valence-electron chi connectivity index (χ2n) is 6.93. The van der Waals surface area contributed by atoms with E-state index in [0.717, 1.165) is 16.7 Å². The summed E-state index contributed by atoms with van der Waals surface area (Å²) in [5.41, 5.74) is 3.52. The van der Waals surface area contributed by atoms with E-state index < -0.39 is 12.0 Å². The van der Waals surface area contributed by atoms with Gasteiger partial charge in [-0.15, -0.1) is 11.8 Å². The average Bonchev–Trinajstić information content (AvgIpc) is 3.31. The average molecular weight is 401 g/mol. The fourth-order valence-corrected chi connectivity index (χ4v) is 4.71. The molecule has 2 aromatic rings. The van der Waals surface area contributed by atoms with Gasteiger partial charge in [0, 0.05) is 18.2 Å². The number of hydrogen-bond donors (Lipinski definition) is 0. The van der Waals surface area contributed by atoms with Crippen LogP contribution >= 0.6 is 11.8 Å². The molecule has 2 heterocycles. The van der Waals surface area contributed by atoms with Crippen LogP contribution in [0.2, 0.25) is 0 Å². The minimum Gasteiger partial charge on any atom is -0.466 e. The van der Waals surface area contributed by atoms with Crippen LogP contribution < -0.4 is 0 Å². The first-order chi connectivity index (χ1) is 13.3. The Kier molecular flexibility index (Phi) is 5.93. The largest absolute Gasteiger partial charge is 0.466 e. The fourth-order valence-electron chi connectivity index (χ4n) is 3.30. The Labute approximate surface area is 168 Å². The van der Waals surface area contributed by atoms with Crippen molar-refractivity contribution >= 4 is 29.4 Å². The highest BCUT2D eigenvalue weighted by atomic mass is 32.2.